The van der Waals surface area contributed by atoms with Crippen molar-refractivity contribution in [3.05, 3.63) is 0 Å². The lowest BCUT2D eigenvalue weighted by Crippen LogP contribution is -2.31. The van der Waals surface area contributed by atoms with E-state index in [-0.39, 0.29) is 11.5 Å². The lowest BCUT2D eigenvalue weighted by Gasteiger charge is -2.25. The Bertz CT molecular complexity index is 87.1. The third kappa shape index (κ3) is 1.99. The molecule has 1 aliphatic heterocycles. The lowest BCUT2D eigenvalue weighted by atomic mass is 10.1. The van der Waals surface area contributed by atoms with Gasteiger partial charge in [-0.15, -0.1) is 23.2 Å². The van der Waals surface area contributed by atoms with Crippen LogP contribution in [0.25, 0.3) is 0 Å². The molecule has 1 saturated heterocycles. The summed E-state index contributed by atoms with van der Waals surface area (Å²) >= 11 is 11.4. The molecule has 0 radical (unpaired) electrons. The first kappa shape index (κ1) is 7.64. The lowest BCUT2D eigenvalue weighted by molar-refractivity contribution is 0.0340. The molecule has 0 aromatic heterocycles. The zero-order chi connectivity index (χ0) is 6.69. The van der Waals surface area contributed by atoms with Gasteiger partial charge in [-0.1, -0.05) is 0 Å². The van der Waals surface area contributed by atoms with Gasteiger partial charge < -0.3 is 4.74 Å². The fourth-order valence-electron chi connectivity index (χ4n) is 0.945. The monoisotopic (exact) mass is 168 g/mol. The quantitative estimate of drug-likeness (QED) is 0.545. The number of alkyl halides is 2. The van der Waals surface area contributed by atoms with Crippen molar-refractivity contribution in [3.63, 3.8) is 0 Å². The van der Waals surface area contributed by atoms with E-state index in [0.29, 0.717) is 5.88 Å². The van der Waals surface area contributed by atoms with Gasteiger partial charge in [-0.3, -0.25) is 0 Å². The van der Waals surface area contributed by atoms with Crippen LogP contribution in [-0.4, -0.2) is 24.0 Å². The summed E-state index contributed by atoms with van der Waals surface area (Å²) in [5.41, 5.74) is 0. The molecule has 0 amide bonds. The van der Waals surface area contributed by atoms with Crippen molar-refractivity contribution < 1.29 is 4.74 Å². The summed E-state index contributed by atoms with van der Waals surface area (Å²) in [6.07, 6.45) is 2.20. The number of halogens is 2. The summed E-state index contributed by atoms with van der Waals surface area (Å²) in [6, 6.07) is 0. The number of hydrogen-bond donors (Lipinski definition) is 0. The van der Waals surface area contributed by atoms with Gasteiger partial charge >= 0.3 is 0 Å². The van der Waals surface area contributed by atoms with Crippen molar-refractivity contribution in [2.24, 2.45) is 0 Å². The highest BCUT2D eigenvalue weighted by molar-refractivity contribution is 6.23. The molecule has 1 fully saturated rings. The summed E-state index contributed by atoms with van der Waals surface area (Å²) in [5, 5.41) is 0.135. The van der Waals surface area contributed by atoms with Crippen molar-refractivity contribution in [2.75, 3.05) is 12.5 Å². The Morgan fingerprint density at radius 1 is 1.56 bits per heavy atom. The third-order valence-electron chi connectivity index (χ3n) is 1.51. The van der Waals surface area contributed by atoms with Crippen molar-refractivity contribution in [1.29, 1.82) is 0 Å². The van der Waals surface area contributed by atoms with Crippen molar-refractivity contribution in [1.82, 2.24) is 0 Å². The maximum Gasteiger partial charge on any atom is 0.0873 e. The van der Waals surface area contributed by atoms with E-state index < -0.39 is 0 Å². The van der Waals surface area contributed by atoms with Gasteiger partial charge in [-0.2, -0.15) is 0 Å². The first-order chi connectivity index (χ1) is 4.34. The second kappa shape index (κ2) is 3.65. The summed E-state index contributed by atoms with van der Waals surface area (Å²) < 4.78 is 5.28. The molecule has 54 valence electrons. The molecule has 0 aromatic rings. The van der Waals surface area contributed by atoms with Crippen LogP contribution in [0.15, 0.2) is 0 Å². The van der Waals surface area contributed by atoms with Crippen molar-refractivity contribution in [3.8, 4) is 0 Å². The number of rotatable bonds is 1. The number of ether oxygens (including phenoxy) is 1. The van der Waals surface area contributed by atoms with Gasteiger partial charge in [0.25, 0.3) is 0 Å². The summed E-state index contributed by atoms with van der Waals surface area (Å²) in [6.45, 7) is 0.820. The topological polar surface area (TPSA) is 9.23 Å². The van der Waals surface area contributed by atoms with Crippen LogP contribution < -0.4 is 0 Å². The zero-order valence-corrected chi connectivity index (χ0v) is 6.66. The molecule has 0 saturated carbocycles. The van der Waals surface area contributed by atoms with Crippen LogP contribution in [0.3, 0.4) is 0 Å². The van der Waals surface area contributed by atoms with Gasteiger partial charge in [0, 0.05) is 6.61 Å². The van der Waals surface area contributed by atoms with Gasteiger partial charge in [-0.05, 0) is 12.8 Å². The highest BCUT2D eigenvalue weighted by Gasteiger charge is 2.22. The Hall–Kier alpha value is 0.540. The molecule has 1 aliphatic rings. The third-order valence-corrected chi connectivity index (χ3v) is 2.32. The smallest absolute Gasteiger partial charge is 0.0873 e. The van der Waals surface area contributed by atoms with Gasteiger partial charge in [-0.25, -0.2) is 0 Å². The minimum atomic E-state index is 0.0853. The predicted molar refractivity (Wildman–Crippen MR) is 39.3 cm³/mol. The SMILES string of the molecule is ClCC1OCCCC1Cl. The molecule has 3 heteroatoms. The van der Waals surface area contributed by atoms with Crippen LogP contribution in [-0.2, 0) is 4.74 Å². The Balaban J connectivity index is 2.30. The molecule has 0 N–H and O–H groups in total. The Morgan fingerprint density at radius 2 is 2.33 bits per heavy atom. The first-order valence-electron chi connectivity index (χ1n) is 3.16. The second-order valence-corrected chi connectivity index (χ2v) is 3.09. The maximum atomic E-state index is 5.87. The highest BCUT2D eigenvalue weighted by atomic mass is 35.5. The average Bonchev–Trinajstić information content (AvgIpc) is 1.89. The predicted octanol–water partition coefficient (Wildman–Crippen LogP) is 2.01. The van der Waals surface area contributed by atoms with Crippen LogP contribution in [0.5, 0.6) is 0 Å². The van der Waals surface area contributed by atoms with Gasteiger partial charge in [0.2, 0.25) is 0 Å². The molecular weight excluding hydrogens is 159 g/mol. The van der Waals surface area contributed by atoms with Gasteiger partial charge in [0.05, 0.1) is 17.4 Å². The minimum Gasteiger partial charge on any atom is -0.375 e. The van der Waals surface area contributed by atoms with Crippen LogP contribution in [0, 0.1) is 0 Å². The van der Waals surface area contributed by atoms with Crippen LogP contribution in [0.4, 0.5) is 0 Å². The molecule has 2 atom stereocenters. The molecule has 1 rings (SSSR count). The summed E-state index contributed by atoms with van der Waals surface area (Å²) in [7, 11) is 0. The number of hydrogen-bond acceptors (Lipinski definition) is 1. The molecule has 1 nitrogen and oxygen atoms in total. The van der Waals surface area contributed by atoms with Crippen molar-refractivity contribution in [2.45, 2.75) is 24.3 Å². The molecule has 0 spiro atoms. The molecule has 1 heterocycles. The molecule has 0 aliphatic carbocycles. The van der Waals surface area contributed by atoms with Gasteiger partial charge in [0.1, 0.15) is 0 Å². The fourth-order valence-corrected chi connectivity index (χ4v) is 1.66. The van der Waals surface area contributed by atoms with E-state index in [0.717, 1.165) is 19.4 Å². The van der Waals surface area contributed by atoms with Gasteiger partial charge in [0.15, 0.2) is 0 Å². The van der Waals surface area contributed by atoms with Crippen LogP contribution in [0.1, 0.15) is 12.8 Å². The minimum absolute atomic E-state index is 0.0853. The maximum absolute atomic E-state index is 5.87. The van der Waals surface area contributed by atoms with E-state index in [1.165, 1.54) is 0 Å². The Kier molecular flexibility index (Phi) is 3.10. The summed E-state index contributed by atoms with van der Waals surface area (Å²) in [5.74, 6) is 0.522. The van der Waals surface area contributed by atoms with E-state index in [1.54, 1.807) is 0 Å². The Labute approximate surface area is 65.3 Å². The average molecular weight is 169 g/mol. The molecule has 0 bridgehead atoms. The highest BCUT2D eigenvalue weighted by Crippen LogP contribution is 2.19. The van der Waals surface area contributed by atoms with E-state index >= 15 is 0 Å². The molecule has 2 unspecified atom stereocenters. The fraction of sp³-hybridized carbons (Fsp3) is 1.00. The van der Waals surface area contributed by atoms with Crippen LogP contribution in [0.2, 0.25) is 0 Å². The van der Waals surface area contributed by atoms with Crippen molar-refractivity contribution >= 4 is 23.2 Å². The van der Waals surface area contributed by atoms with E-state index in [4.69, 9.17) is 27.9 Å². The standard InChI is InChI=1S/C6H10Cl2O/c7-4-6-5(8)2-1-3-9-6/h5-6H,1-4H2. The molecule has 9 heavy (non-hydrogen) atoms. The van der Waals surface area contributed by atoms with Crippen LogP contribution >= 0.6 is 23.2 Å². The second-order valence-electron chi connectivity index (χ2n) is 2.22. The molecular formula is C6H10Cl2O. The largest absolute Gasteiger partial charge is 0.375 e. The summed E-state index contributed by atoms with van der Waals surface area (Å²) in [4.78, 5) is 0. The normalized spacial score (nSPS) is 36.7. The first-order valence-corrected chi connectivity index (χ1v) is 4.13. The van der Waals surface area contributed by atoms with E-state index in [1.807, 2.05) is 0 Å². The zero-order valence-electron chi connectivity index (χ0n) is 5.15. The van der Waals surface area contributed by atoms with E-state index in [2.05, 4.69) is 0 Å². The Morgan fingerprint density at radius 3 is 2.78 bits per heavy atom. The molecule has 0 aromatic carbocycles. The van der Waals surface area contributed by atoms with E-state index in [9.17, 15) is 0 Å².